The molecule has 2 aromatic rings. The van der Waals surface area contributed by atoms with Crippen LogP contribution in [0.4, 0.5) is 13.2 Å². The van der Waals surface area contributed by atoms with E-state index in [0.29, 0.717) is 5.56 Å². The molecule has 1 atom stereocenters. The summed E-state index contributed by atoms with van der Waals surface area (Å²) in [5.41, 5.74) is -4.08. The lowest BCUT2D eigenvalue weighted by Crippen LogP contribution is -2.16. The average molecular weight is 371 g/mol. The summed E-state index contributed by atoms with van der Waals surface area (Å²) in [6.45, 7) is 0. The zero-order chi connectivity index (χ0) is 17.8. The second kappa shape index (κ2) is 7.28. The van der Waals surface area contributed by atoms with Crippen molar-refractivity contribution in [3.05, 3.63) is 65.7 Å². The van der Waals surface area contributed by atoms with Gasteiger partial charge in [0, 0.05) is 0 Å². The molecule has 0 spiro atoms. The fourth-order valence-corrected chi connectivity index (χ4v) is 4.84. The minimum atomic E-state index is -4.58. The molecule has 8 heteroatoms. The second-order valence-electron chi connectivity index (χ2n) is 4.88. The van der Waals surface area contributed by atoms with Gasteiger partial charge >= 0.3 is 5.51 Å². The average Bonchev–Trinajstić information content (AvgIpc) is 2.54. The van der Waals surface area contributed by atoms with Crippen LogP contribution in [0, 0.1) is 11.3 Å². The molecule has 0 amide bonds. The molecular weight excluding hydrogens is 359 g/mol. The Kier molecular flexibility index (Phi) is 5.57. The lowest BCUT2D eigenvalue weighted by Gasteiger charge is -2.19. The number of nitriles is 1. The van der Waals surface area contributed by atoms with Gasteiger partial charge in [-0.2, -0.15) is 18.4 Å². The molecule has 0 aliphatic heterocycles. The molecule has 2 rings (SSSR count). The molecule has 0 aliphatic carbocycles. The largest absolute Gasteiger partial charge is 0.442 e. The van der Waals surface area contributed by atoms with Gasteiger partial charge in [-0.15, -0.1) is 0 Å². The molecular formula is C16H12F3NO2S2. The van der Waals surface area contributed by atoms with Crippen molar-refractivity contribution in [2.24, 2.45) is 0 Å². The van der Waals surface area contributed by atoms with Gasteiger partial charge in [-0.25, -0.2) is 8.42 Å². The molecule has 0 fully saturated rings. The smallest absolute Gasteiger partial charge is 0.224 e. The van der Waals surface area contributed by atoms with Gasteiger partial charge in [0.1, 0.15) is 0 Å². The van der Waals surface area contributed by atoms with Crippen molar-refractivity contribution >= 4 is 21.6 Å². The molecule has 1 unspecified atom stereocenters. The Bertz CT molecular complexity index is 826. The van der Waals surface area contributed by atoms with Gasteiger partial charge in [-0.1, -0.05) is 30.3 Å². The summed E-state index contributed by atoms with van der Waals surface area (Å²) in [6, 6.07) is 14.7. The summed E-state index contributed by atoms with van der Waals surface area (Å²) in [6.07, 6.45) is 0. The normalized spacial score (nSPS) is 13.2. The highest BCUT2D eigenvalue weighted by Crippen LogP contribution is 2.43. The zero-order valence-electron chi connectivity index (χ0n) is 12.2. The monoisotopic (exact) mass is 371 g/mol. The third-order valence-electron chi connectivity index (χ3n) is 3.16. The first kappa shape index (κ1) is 18.4. The summed E-state index contributed by atoms with van der Waals surface area (Å²) >= 11 is -0.372. The van der Waals surface area contributed by atoms with E-state index in [2.05, 4.69) is 0 Å². The molecule has 3 nitrogen and oxygen atoms in total. The third-order valence-corrected chi connectivity index (χ3v) is 6.12. The van der Waals surface area contributed by atoms with Crippen molar-refractivity contribution in [2.45, 2.75) is 15.7 Å². The highest BCUT2D eigenvalue weighted by Gasteiger charge is 2.36. The number of benzene rings is 2. The highest BCUT2D eigenvalue weighted by molar-refractivity contribution is 8.01. The van der Waals surface area contributed by atoms with Gasteiger partial charge in [0.2, 0.25) is 0 Å². The maximum Gasteiger partial charge on any atom is 0.442 e. The Hall–Kier alpha value is -1.98. The number of rotatable bonds is 5. The standard InChI is InChI=1S/C16H12F3NO2S2/c17-16(18,19)23-15(13-8-6-12(10-20)7-9-13)11-24(21,22)14-4-2-1-3-5-14/h1-9,15H,11H2. The molecule has 0 heterocycles. The van der Waals surface area contributed by atoms with Crippen LogP contribution in [0.15, 0.2) is 59.5 Å². The van der Waals surface area contributed by atoms with Crippen molar-refractivity contribution in [3.8, 4) is 6.07 Å². The molecule has 0 aliphatic rings. The molecule has 0 saturated heterocycles. The highest BCUT2D eigenvalue weighted by atomic mass is 32.2. The van der Waals surface area contributed by atoms with Gasteiger partial charge in [-0.05, 0) is 41.6 Å². The second-order valence-corrected chi connectivity index (χ2v) is 8.18. The van der Waals surface area contributed by atoms with Crippen molar-refractivity contribution in [1.82, 2.24) is 0 Å². The lowest BCUT2D eigenvalue weighted by atomic mass is 10.1. The Morgan fingerprint density at radius 1 is 1.04 bits per heavy atom. The summed E-state index contributed by atoms with van der Waals surface area (Å²) in [5, 5.41) is 7.44. The van der Waals surface area contributed by atoms with Crippen LogP contribution in [0.5, 0.6) is 0 Å². The number of sulfone groups is 1. The van der Waals surface area contributed by atoms with E-state index in [1.165, 1.54) is 48.5 Å². The fraction of sp³-hybridized carbons (Fsp3) is 0.188. The molecule has 0 saturated carbocycles. The van der Waals surface area contributed by atoms with Gasteiger partial charge < -0.3 is 0 Å². The molecule has 126 valence electrons. The van der Waals surface area contributed by atoms with Crippen LogP contribution in [0.1, 0.15) is 16.4 Å². The molecule has 0 bridgehead atoms. The molecule has 0 N–H and O–H groups in total. The molecule has 24 heavy (non-hydrogen) atoms. The van der Waals surface area contributed by atoms with E-state index < -0.39 is 26.3 Å². The number of thioether (sulfide) groups is 1. The van der Waals surface area contributed by atoms with E-state index in [4.69, 9.17) is 5.26 Å². The number of halogens is 3. The summed E-state index contributed by atoms with van der Waals surface area (Å²) in [5.74, 6) is -0.687. The summed E-state index contributed by atoms with van der Waals surface area (Å²) < 4.78 is 63.3. The zero-order valence-corrected chi connectivity index (χ0v) is 13.8. The molecule has 0 radical (unpaired) electrons. The van der Waals surface area contributed by atoms with Crippen LogP contribution < -0.4 is 0 Å². The van der Waals surface area contributed by atoms with Crippen LogP contribution >= 0.6 is 11.8 Å². The molecule has 2 aromatic carbocycles. The third kappa shape index (κ3) is 5.01. The first-order chi connectivity index (χ1) is 11.2. The van der Waals surface area contributed by atoms with E-state index in [9.17, 15) is 21.6 Å². The lowest BCUT2D eigenvalue weighted by molar-refractivity contribution is -0.0333. The Balaban J connectivity index is 2.34. The Morgan fingerprint density at radius 3 is 2.12 bits per heavy atom. The van der Waals surface area contributed by atoms with Crippen LogP contribution in [0.3, 0.4) is 0 Å². The predicted octanol–water partition coefficient (Wildman–Crippen LogP) is 4.33. The van der Waals surface area contributed by atoms with Gasteiger partial charge in [0.05, 0.1) is 27.5 Å². The first-order valence-corrected chi connectivity index (χ1v) is 9.27. The van der Waals surface area contributed by atoms with Crippen molar-refractivity contribution < 1.29 is 21.6 Å². The number of alkyl halides is 3. The van der Waals surface area contributed by atoms with E-state index in [1.54, 1.807) is 6.07 Å². The number of nitrogens with zero attached hydrogens (tertiary/aromatic N) is 1. The van der Waals surface area contributed by atoms with Crippen molar-refractivity contribution in [2.75, 3.05) is 5.75 Å². The van der Waals surface area contributed by atoms with Crippen LogP contribution in [-0.4, -0.2) is 19.7 Å². The van der Waals surface area contributed by atoms with E-state index in [1.807, 2.05) is 6.07 Å². The maximum absolute atomic E-state index is 12.8. The van der Waals surface area contributed by atoms with Gasteiger partial charge in [0.25, 0.3) is 0 Å². The van der Waals surface area contributed by atoms with Crippen molar-refractivity contribution in [3.63, 3.8) is 0 Å². The Morgan fingerprint density at radius 2 is 1.62 bits per heavy atom. The fourth-order valence-electron chi connectivity index (χ4n) is 2.06. The minimum Gasteiger partial charge on any atom is -0.224 e. The van der Waals surface area contributed by atoms with Gasteiger partial charge in [0.15, 0.2) is 9.84 Å². The van der Waals surface area contributed by atoms with Crippen LogP contribution in [0.2, 0.25) is 0 Å². The minimum absolute atomic E-state index is 0.0218. The maximum atomic E-state index is 12.8. The summed E-state index contributed by atoms with van der Waals surface area (Å²) in [7, 11) is -3.88. The van der Waals surface area contributed by atoms with Crippen LogP contribution in [-0.2, 0) is 9.84 Å². The molecule has 0 aromatic heterocycles. The van der Waals surface area contributed by atoms with Crippen molar-refractivity contribution in [1.29, 1.82) is 5.26 Å². The predicted molar refractivity (Wildman–Crippen MR) is 86.0 cm³/mol. The number of hydrogen-bond acceptors (Lipinski definition) is 4. The SMILES string of the molecule is N#Cc1ccc(C(CS(=O)(=O)c2ccccc2)SC(F)(F)F)cc1. The Labute approximate surface area is 142 Å². The topological polar surface area (TPSA) is 57.9 Å². The van der Waals surface area contributed by atoms with Gasteiger partial charge in [-0.3, -0.25) is 0 Å². The van der Waals surface area contributed by atoms with E-state index >= 15 is 0 Å². The first-order valence-electron chi connectivity index (χ1n) is 6.74. The quantitative estimate of drug-likeness (QED) is 0.785. The van der Waals surface area contributed by atoms with E-state index in [0.717, 1.165) is 0 Å². The van der Waals surface area contributed by atoms with E-state index in [-0.39, 0.29) is 22.2 Å². The van der Waals surface area contributed by atoms with Crippen LogP contribution in [0.25, 0.3) is 0 Å². The number of hydrogen-bond donors (Lipinski definition) is 0. The summed E-state index contributed by atoms with van der Waals surface area (Å²) in [4.78, 5) is -0.0218.